The zero-order chi connectivity index (χ0) is 16.9. The van der Waals surface area contributed by atoms with Gasteiger partial charge in [0, 0.05) is 10.8 Å². The van der Waals surface area contributed by atoms with E-state index in [1.165, 1.54) is 17.8 Å². The van der Waals surface area contributed by atoms with E-state index < -0.39 is 0 Å². The molecule has 0 aliphatic heterocycles. The second kappa shape index (κ2) is 7.68. The SMILES string of the molecule is Cc1cc(OCc2nnc(SCc3ccccc3F)o2)ccc1Cl. The Hall–Kier alpha value is -2.05. The number of halogens is 2. The van der Waals surface area contributed by atoms with Crippen molar-refractivity contribution < 1.29 is 13.5 Å². The molecule has 3 rings (SSSR count). The molecular formula is C17H14ClFN2O2S. The maximum Gasteiger partial charge on any atom is 0.277 e. The van der Waals surface area contributed by atoms with E-state index in [0.717, 1.165) is 5.56 Å². The second-order valence-electron chi connectivity index (χ2n) is 5.04. The Bertz CT molecular complexity index is 841. The molecular weight excluding hydrogens is 351 g/mol. The highest BCUT2D eigenvalue weighted by molar-refractivity contribution is 7.98. The first-order valence-corrected chi connectivity index (χ1v) is 8.56. The lowest BCUT2D eigenvalue weighted by Crippen LogP contribution is -1.96. The molecule has 124 valence electrons. The van der Waals surface area contributed by atoms with Crippen LogP contribution in [0.4, 0.5) is 4.39 Å². The summed E-state index contributed by atoms with van der Waals surface area (Å²) in [7, 11) is 0. The highest BCUT2D eigenvalue weighted by atomic mass is 35.5. The molecule has 1 heterocycles. The molecule has 0 unspecified atom stereocenters. The van der Waals surface area contributed by atoms with Crippen LogP contribution in [0.15, 0.2) is 52.1 Å². The average molecular weight is 365 g/mol. The Balaban J connectivity index is 1.55. The molecule has 0 amide bonds. The Morgan fingerprint density at radius 3 is 2.83 bits per heavy atom. The predicted octanol–water partition coefficient (Wildman–Crippen LogP) is 5.04. The summed E-state index contributed by atoms with van der Waals surface area (Å²) in [6.07, 6.45) is 0. The van der Waals surface area contributed by atoms with Gasteiger partial charge in [-0.1, -0.05) is 41.6 Å². The van der Waals surface area contributed by atoms with Gasteiger partial charge in [-0.15, -0.1) is 10.2 Å². The van der Waals surface area contributed by atoms with Crippen LogP contribution >= 0.6 is 23.4 Å². The molecule has 7 heteroatoms. The largest absolute Gasteiger partial charge is 0.484 e. The van der Waals surface area contributed by atoms with Crippen molar-refractivity contribution in [3.05, 3.63) is 70.3 Å². The van der Waals surface area contributed by atoms with Crippen LogP contribution in [-0.2, 0) is 12.4 Å². The van der Waals surface area contributed by atoms with Crippen LogP contribution in [0.3, 0.4) is 0 Å². The van der Waals surface area contributed by atoms with Gasteiger partial charge in [0.05, 0.1) is 0 Å². The fourth-order valence-electron chi connectivity index (χ4n) is 1.96. The standard InChI is InChI=1S/C17H14ClFN2O2S/c1-11-8-13(6-7-14(11)18)22-9-16-20-21-17(23-16)24-10-12-4-2-3-5-15(12)19/h2-8H,9-10H2,1H3. The van der Waals surface area contributed by atoms with E-state index in [-0.39, 0.29) is 12.4 Å². The number of hydrogen-bond acceptors (Lipinski definition) is 5. The van der Waals surface area contributed by atoms with Crippen LogP contribution in [0.2, 0.25) is 5.02 Å². The van der Waals surface area contributed by atoms with Crippen molar-refractivity contribution >= 4 is 23.4 Å². The molecule has 0 saturated carbocycles. The van der Waals surface area contributed by atoms with Gasteiger partial charge in [-0.25, -0.2) is 4.39 Å². The van der Waals surface area contributed by atoms with Gasteiger partial charge < -0.3 is 9.15 Å². The zero-order valence-electron chi connectivity index (χ0n) is 12.8. The van der Waals surface area contributed by atoms with Crippen LogP contribution in [-0.4, -0.2) is 10.2 Å². The monoisotopic (exact) mass is 364 g/mol. The molecule has 0 atom stereocenters. The van der Waals surface area contributed by atoms with Crippen LogP contribution in [0, 0.1) is 12.7 Å². The number of benzene rings is 2. The summed E-state index contributed by atoms with van der Waals surface area (Å²) in [5.41, 5.74) is 1.52. The molecule has 0 spiro atoms. The Morgan fingerprint density at radius 1 is 1.21 bits per heavy atom. The summed E-state index contributed by atoms with van der Waals surface area (Å²) in [6.45, 7) is 2.06. The molecule has 0 bridgehead atoms. The van der Waals surface area contributed by atoms with Crippen molar-refractivity contribution in [2.24, 2.45) is 0 Å². The topological polar surface area (TPSA) is 48.2 Å². The number of aryl methyl sites for hydroxylation is 1. The highest BCUT2D eigenvalue weighted by Crippen LogP contribution is 2.24. The Morgan fingerprint density at radius 2 is 2.04 bits per heavy atom. The van der Waals surface area contributed by atoms with Gasteiger partial charge in [-0.3, -0.25) is 0 Å². The average Bonchev–Trinajstić information content (AvgIpc) is 3.03. The van der Waals surface area contributed by atoms with Gasteiger partial charge in [0.25, 0.3) is 11.1 Å². The van der Waals surface area contributed by atoms with E-state index >= 15 is 0 Å². The van der Waals surface area contributed by atoms with E-state index in [1.807, 2.05) is 13.0 Å². The lowest BCUT2D eigenvalue weighted by Gasteiger charge is -2.05. The van der Waals surface area contributed by atoms with Crippen molar-refractivity contribution in [2.45, 2.75) is 24.5 Å². The third-order valence-electron chi connectivity index (χ3n) is 3.25. The normalized spacial score (nSPS) is 10.8. The minimum atomic E-state index is -0.244. The van der Waals surface area contributed by atoms with E-state index in [9.17, 15) is 4.39 Å². The molecule has 3 aromatic rings. The number of thioether (sulfide) groups is 1. The van der Waals surface area contributed by atoms with Crippen LogP contribution in [0.1, 0.15) is 17.0 Å². The fraction of sp³-hybridized carbons (Fsp3) is 0.176. The van der Waals surface area contributed by atoms with Gasteiger partial charge in [-0.05, 0) is 42.3 Å². The molecule has 0 N–H and O–H groups in total. The lowest BCUT2D eigenvalue weighted by molar-refractivity contribution is 0.252. The number of nitrogens with zero attached hydrogens (tertiary/aromatic N) is 2. The third kappa shape index (κ3) is 4.27. The minimum Gasteiger partial charge on any atom is -0.484 e. The van der Waals surface area contributed by atoms with Gasteiger partial charge in [-0.2, -0.15) is 0 Å². The molecule has 0 fully saturated rings. The molecule has 0 aliphatic rings. The van der Waals surface area contributed by atoms with Crippen molar-refractivity contribution in [1.29, 1.82) is 0 Å². The first-order chi connectivity index (χ1) is 11.6. The summed E-state index contributed by atoms with van der Waals surface area (Å²) < 4.78 is 24.6. The number of aromatic nitrogens is 2. The first kappa shape index (κ1) is 16.8. The first-order valence-electron chi connectivity index (χ1n) is 7.19. The zero-order valence-corrected chi connectivity index (χ0v) is 14.4. The minimum absolute atomic E-state index is 0.161. The van der Waals surface area contributed by atoms with E-state index in [4.69, 9.17) is 20.8 Å². The summed E-state index contributed by atoms with van der Waals surface area (Å²) in [4.78, 5) is 0. The predicted molar refractivity (Wildman–Crippen MR) is 90.8 cm³/mol. The van der Waals surface area contributed by atoms with Crippen molar-refractivity contribution in [3.8, 4) is 5.75 Å². The van der Waals surface area contributed by atoms with Gasteiger partial charge in [0.15, 0.2) is 6.61 Å². The van der Waals surface area contributed by atoms with Crippen LogP contribution in [0.5, 0.6) is 5.75 Å². The van der Waals surface area contributed by atoms with Gasteiger partial charge >= 0.3 is 0 Å². The number of hydrogen-bond donors (Lipinski definition) is 0. The van der Waals surface area contributed by atoms with E-state index in [0.29, 0.717) is 33.2 Å². The summed E-state index contributed by atoms with van der Waals surface area (Å²) in [5, 5.41) is 8.92. The quantitative estimate of drug-likeness (QED) is 0.573. The maximum atomic E-state index is 13.6. The van der Waals surface area contributed by atoms with Gasteiger partial charge in [0.1, 0.15) is 11.6 Å². The smallest absolute Gasteiger partial charge is 0.277 e. The molecule has 4 nitrogen and oxygen atoms in total. The van der Waals surface area contributed by atoms with Crippen molar-refractivity contribution in [1.82, 2.24) is 10.2 Å². The summed E-state index contributed by atoms with van der Waals surface area (Å²) in [5.74, 6) is 1.21. The molecule has 0 radical (unpaired) electrons. The lowest BCUT2D eigenvalue weighted by atomic mass is 10.2. The fourth-order valence-corrected chi connectivity index (χ4v) is 2.85. The molecule has 24 heavy (non-hydrogen) atoms. The second-order valence-corrected chi connectivity index (χ2v) is 6.38. The van der Waals surface area contributed by atoms with Crippen LogP contribution in [0.25, 0.3) is 0 Å². The summed E-state index contributed by atoms with van der Waals surface area (Å²) >= 11 is 7.25. The molecule has 2 aromatic carbocycles. The highest BCUT2D eigenvalue weighted by Gasteiger charge is 2.09. The summed E-state index contributed by atoms with van der Waals surface area (Å²) in [6, 6.07) is 12.0. The van der Waals surface area contributed by atoms with Gasteiger partial charge in [0.2, 0.25) is 0 Å². The van der Waals surface area contributed by atoms with Crippen molar-refractivity contribution in [2.75, 3.05) is 0 Å². The van der Waals surface area contributed by atoms with E-state index in [1.54, 1.807) is 30.3 Å². The third-order valence-corrected chi connectivity index (χ3v) is 4.54. The van der Waals surface area contributed by atoms with E-state index in [2.05, 4.69) is 10.2 Å². The molecule has 0 aliphatic carbocycles. The number of rotatable bonds is 6. The Kier molecular flexibility index (Phi) is 5.37. The molecule has 1 aromatic heterocycles. The molecule has 0 saturated heterocycles. The Labute approximate surface area is 148 Å². The van der Waals surface area contributed by atoms with Crippen molar-refractivity contribution in [3.63, 3.8) is 0 Å². The number of ether oxygens (including phenoxy) is 1. The maximum absolute atomic E-state index is 13.6. The van der Waals surface area contributed by atoms with Crippen LogP contribution < -0.4 is 4.74 Å².